The number of ketones is 2. The summed E-state index contributed by atoms with van der Waals surface area (Å²) in [6, 6.07) is 11.9. The summed E-state index contributed by atoms with van der Waals surface area (Å²) < 4.78 is 6.16. The van der Waals surface area contributed by atoms with Gasteiger partial charge in [0.1, 0.15) is 0 Å². The van der Waals surface area contributed by atoms with Gasteiger partial charge in [-0.1, -0.05) is 33.6 Å². The molecule has 1 heterocycles. The molecule has 1 aliphatic heterocycles. The number of phenols is 1. The highest BCUT2D eigenvalue weighted by Crippen LogP contribution is 2.55. The van der Waals surface area contributed by atoms with Gasteiger partial charge in [-0.2, -0.15) is 0 Å². The van der Waals surface area contributed by atoms with Gasteiger partial charge in [0.05, 0.1) is 24.6 Å². The van der Waals surface area contributed by atoms with E-state index in [4.69, 9.17) is 4.74 Å². The lowest BCUT2D eigenvalue weighted by Crippen LogP contribution is -2.39. The van der Waals surface area contributed by atoms with Crippen molar-refractivity contribution >= 4 is 45.0 Å². The van der Waals surface area contributed by atoms with Gasteiger partial charge in [-0.15, -0.1) is 0 Å². The molecule has 0 radical (unpaired) electrons. The molecule has 0 bridgehead atoms. The first kappa shape index (κ1) is 24.6. The Morgan fingerprint density at radius 1 is 1.00 bits per heavy atom. The topological polar surface area (TPSA) is 101 Å². The molecule has 0 saturated carbocycles. The second-order valence-corrected chi connectivity index (χ2v) is 11.1. The van der Waals surface area contributed by atoms with Crippen LogP contribution in [0.15, 0.2) is 81.4 Å². The highest BCUT2D eigenvalue weighted by Gasteiger charge is 2.56. The molecule has 3 aliphatic carbocycles. The number of halogens is 1. The molecule has 1 fully saturated rings. The van der Waals surface area contributed by atoms with Crippen molar-refractivity contribution in [3.8, 4) is 11.5 Å². The molecule has 8 heteroatoms. The maximum Gasteiger partial charge on any atom is 0.238 e. The van der Waals surface area contributed by atoms with E-state index in [1.54, 1.807) is 43.3 Å². The Morgan fingerprint density at radius 3 is 2.45 bits per heavy atom. The van der Waals surface area contributed by atoms with Crippen LogP contribution < -0.4 is 9.64 Å². The first-order valence-electron chi connectivity index (χ1n) is 12.4. The van der Waals surface area contributed by atoms with E-state index in [2.05, 4.69) is 15.9 Å². The number of aromatic hydroxyl groups is 1. The van der Waals surface area contributed by atoms with E-state index in [1.165, 1.54) is 24.2 Å². The van der Waals surface area contributed by atoms with E-state index in [1.807, 2.05) is 6.08 Å². The average molecular weight is 574 g/mol. The number of allylic oxidation sites excluding steroid dienone is 6. The van der Waals surface area contributed by atoms with E-state index in [0.717, 1.165) is 10.0 Å². The highest BCUT2D eigenvalue weighted by molar-refractivity contribution is 9.10. The van der Waals surface area contributed by atoms with Gasteiger partial charge >= 0.3 is 0 Å². The molecule has 4 aliphatic rings. The number of Topliss-reactive ketones (excluding diaryl/α,β-unsaturated/α-hetero) is 1. The summed E-state index contributed by atoms with van der Waals surface area (Å²) in [7, 11) is 1.44. The van der Waals surface area contributed by atoms with Crippen LogP contribution in [-0.2, 0) is 19.2 Å². The van der Waals surface area contributed by atoms with Crippen molar-refractivity contribution in [3.63, 3.8) is 0 Å². The summed E-state index contributed by atoms with van der Waals surface area (Å²) in [6.07, 6.45) is 3.92. The van der Waals surface area contributed by atoms with Gasteiger partial charge in [0.25, 0.3) is 0 Å². The van der Waals surface area contributed by atoms with Gasteiger partial charge in [0.2, 0.25) is 11.8 Å². The number of amides is 2. The fraction of sp³-hybridized carbons (Fsp3) is 0.267. The average Bonchev–Trinajstić information content (AvgIpc) is 3.16. The molecule has 1 saturated heterocycles. The van der Waals surface area contributed by atoms with Crippen LogP contribution in [0, 0.1) is 17.8 Å². The third-order valence-electron chi connectivity index (χ3n) is 8.18. The molecule has 6 rings (SSSR count). The Hall–Kier alpha value is -3.78. The number of hydrogen-bond acceptors (Lipinski definition) is 6. The minimum atomic E-state index is -0.643. The first-order valence-corrected chi connectivity index (χ1v) is 13.2. The number of hydrogen-bond donors (Lipinski definition) is 1. The Bertz CT molecular complexity index is 1530. The third kappa shape index (κ3) is 3.54. The van der Waals surface area contributed by atoms with E-state index < -0.39 is 23.7 Å². The number of carbonyl (C=O) groups is 4. The number of fused-ring (bicyclic) bond motifs is 3. The molecule has 2 amide bonds. The quantitative estimate of drug-likeness (QED) is 0.321. The van der Waals surface area contributed by atoms with Crippen molar-refractivity contribution in [2.24, 2.45) is 17.8 Å². The molecule has 0 aromatic heterocycles. The Morgan fingerprint density at radius 2 is 1.74 bits per heavy atom. The highest BCUT2D eigenvalue weighted by atomic mass is 79.9. The summed E-state index contributed by atoms with van der Waals surface area (Å²) in [6.45, 7) is 1.62. The monoisotopic (exact) mass is 573 g/mol. The number of carbonyl (C=O) groups excluding carboxylic acids is 4. The smallest absolute Gasteiger partial charge is 0.238 e. The maximum atomic E-state index is 13.9. The Labute approximate surface area is 227 Å². The van der Waals surface area contributed by atoms with Gasteiger partial charge in [0.15, 0.2) is 23.1 Å². The first-order chi connectivity index (χ1) is 18.2. The number of methoxy groups -OCH3 is 1. The molecular weight excluding hydrogens is 550 g/mol. The molecule has 1 N–H and O–H groups in total. The van der Waals surface area contributed by atoms with Crippen LogP contribution in [0.1, 0.15) is 31.2 Å². The summed E-state index contributed by atoms with van der Waals surface area (Å²) in [5.74, 6) is -2.97. The molecular formula is C30H24BrNO6. The number of ether oxygens (including phenoxy) is 1. The minimum absolute atomic E-state index is 0.0426. The lowest BCUT2D eigenvalue weighted by molar-refractivity contribution is -0.123. The number of nitrogens with zero attached hydrogens (tertiary/aromatic N) is 1. The van der Waals surface area contributed by atoms with Crippen LogP contribution in [0.4, 0.5) is 5.69 Å². The summed E-state index contributed by atoms with van der Waals surface area (Å²) in [5.41, 5.74) is 3.20. The van der Waals surface area contributed by atoms with Gasteiger partial charge in [-0.05, 0) is 73.7 Å². The largest absolute Gasteiger partial charge is 0.504 e. The molecule has 2 aromatic rings. The van der Waals surface area contributed by atoms with Crippen LogP contribution in [0.5, 0.6) is 11.5 Å². The van der Waals surface area contributed by atoms with E-state index in [0.29, 0.717) is 34.4 Å². The Kier molecular flexibility index (Phi) is 5.76. The Balaban J connectivity index is 1.49. The van der Waals surface area contributed by atoms with Crippen LogP contribution in [0.2, 0.25) is 0 Å². The van der Waals surface area contributed by atoms with Crippen molar-refractivity contribution in [3.05, 3.63) is 86.9 Å². The number of phenolic OH excluding ortho intramolecular Hbond substituents is 1. The molecule has 4 unspecified atom stereocenters. The molecule has 192 valence electrons. The van der Waals surface area contributed by atoms with Gasteiger partial charge in [-0.3, -0.25) is 24.1 Å². The molecule has 0 spiro atoms. The van der Waals surface area contributed by atoms with E-state index in [9.17, 15) is 24.3 Å². The number of imide groups is 1. The normalized spacial score (nSPS) is 26.6. The zero-order valence-corrected chi connectivity index (χ0v) is 22.3. The summed E-state index contributed by atoms with van der Waals surface area (Å²) in [5, 5.41) is 10.2. The molecule has 38 heavy (non-hydrogen) atoms. The van der Waals surface area contributed by atoms with Gasteiger partial charge < -0.3 is 9.84 Å². The standard InChI is InChI=1S/C30H24BrNO6/c1-14-11-23(34)27-21(28(14)35)13-20-18(25(27)15-3-10-22(33)24(12-15)38-2)8-9-19-26(20)30(37)32(29(19)36)17-6-4-16(31)5-7-17/h3-8,10-12,19-20,25-26,33H,9,13H2,1-2H3. The summed E-state index contributed by atoms with van der Waals surface area (Å²) in [4.78, 5) is 55.4. The number of anilines is 1. The fourth-order valence-corrected chi connectivity index (χ4v) is 6.74. The fourth-order valence-electron chi connectivity index (χ4n) is 6.48. The zero-order valence-electron chi connectivity index (χ0n) is 20.7. The van der Waals surface area contributed by atoms with Crippen molar-refractivity contribution < 1.29 is 29.0 Å². The van der Waals surface area contributed by atoms with Crippen molar-refractivity contribution in [2.45, 2.75) is 25.7 Å². The van der Waals surface area contributed by atoms with Crippen LogP contribution >= 0.6 is 15.9 Å². The van der Waals surface area contributed by atoms with Crippen molar-refractivity contribution in [2.75, 3.05) is 12.0 Å². The third-order valence-corrected chi connectivity index (χ3v) is 8.71. The molecule has 7 nitrogen and oxygen atoms in total. The van der Waals surface area contributed by atoms with E-state index in [-0.39, 0.29) is 41.3 Å². The SMILES string of the molecule is COc1cc(C2C3=CCC4C(=O)N(c5ccc(Br)cc5)C(=O)C4C3CC3=C2C(=O)C=C(C)C3=O)ccc1O. The predicted molar refractivity (Wildman–Crippen MR) is 143 cm³/mol. The van der Waals surface area contributed by atoms with Crippen molar-refractivity contribution in [1.82, 2.24) is 0 Å². The van der Waals surface area contributed by atoms with E-state index >= 15 is 0 Å². The number of benzene rings is 2. The minimum Gasteiger partial charge on any atom is -0.504 e. The summed E-state index contributed by atoms with van der Waals surface area (Å²) >= 11 is 3.39. The number of rotatable bonds is 3. The second kappa shape index (κ2) is 8.91. The lowest BCUT2D eigenvalue weighted by Gasteiger charge is -2.42. The van der Waals surface area contributed by atoms with Crippen molar-refractivity contribution in [1.29, 1.82) is 0 Å². The molecule has 2 aromatic carbocycles. The predicted octanol–water partition coefficient (Wildman–Crippen LogP) is 4.80. The van der Waals surface area contributed by atoms with Gasteiger partial charge in [0, 0.05) is 27.1 Å². The zero-order chi connectivity index (χ0) is 26.9. The lowest BCUT2D eigenvalue weighted by atomic mass is 9.59. The van der Waals surface area contributed by atoms with Crippen LogP contribution in [-0.4, -0.2) is 35.6 Å². The maximum absolute atomic E-state index is 13.9. The molecule has 4 atom stereocenters. The van der Waals surface area contributed by atoms with Gasteiger partial charge in [-0.25, -0.2) is 0 Å². The second-order valence-electron chi connectivity index (χ2n) is 10.1. The van der Waals surface area contributed by atoms with Crippen LogP contribution in [0.25, 0.3) is 0 Å². The van der Waals surface area contributed by atoms with Crippen LogP contribution in [0.3, 0.4) is 0 Å².